The fraction of sp³-hybridized carbons (Fsp3) is 0. The van der Waals surface area contributed by atoms with E-state index in [4.69, 9.17) is 40.2 Å². The van der Waals surface area contributed by atoms with Crippen LogP contribution < -0.4 is 15.5 Å². The van der Waals surface area contributed by atoms with E-state index in [0.29, 0.717) is 15.9 Å². The quantitative estimate of drug-likeness (QED) is 0.178. The highest BCUT2D eigenvalue weighted by molar-refractivity contribution is 7.80. The topological polar surface area (TPSA) is 62.7 Å². The zero-order valence-corrected chi connectivity index (χ0v) is 17.3. The standard InChI is InChI=1S/C21H15Cl2N3O2S/c22-15-8-11-18(19(23)12-15)20(27)28-17-9-6-14(7-10-17)13-24-26-21(29)25-16-4-2-1-3-5-16/h1-13H,(H2,25,26,29)/b24-13+. The molecule has 2 N–H and O–H groups in total. The molecule has 146 valence electrons. The van der Waals surface area contributed by atoms with Crippen molar-refractivity contribution in [3.8, 4) is 5.75 Å². The van der Waals surface area contributed by atoms with Gasteiger partial charge in [-0.1, -0.05) is 41.4 Å². The van der Waals surface area contributed by atoms with E-state index in [1.165, 1.54) is 12.1 Å². The van der Waals surface area contributed by atoms with Gasteiger partial charge in [0.15, 0.2) is 5.11 Å². The third-order valence-corrected chi connectivity index (χ3v) is 4.39. The van der Waals surface area contributed by atoms with Crippen LogP contribution in [-0.4, -0.2) is 17.3 Å². The van der Waals surface area contributed by atoms with Gasteiger partial charge in [-0.2, -0.15) is 5.10 Å². The molecule has 0 aromatic heterocycles. The van der Waals surface area contributed by atoms with E-state index < -0.39 is 5.97 Å². The summed E-state index contributed by atoms with van der Waals surface area (Å²) >= 11 is 17.0. The maximum Gasteiger partial charge on any atom is 0.345 e. The number of rotatable bonds is 5. The van der Waals surface area contributed by atoms with Gasteiger partial charge in [-0.15, -0.1) is 0 Å². The van der Waals surface area contributed by atoms with Gasteiger partial charge in [-0.25, -0.2) is 4.79 Å². The minimum absolute atomic E-state index is 0.234. The summed E-state index contributed by atoms with van der Waals surface area (Å²) in [6.07, 6.45) is 1.60. The Hall–Kier alpha value is -2.93. The molecule has 0 saturated heterocycles. The first kappa shape index (κ1) is 20.8. The monoisotopic (exact) mass is 443 g/mol. The highest BCUT2D eigenvalue weighted by Crippen LogP contribution is 2.23. The maximum atomic E-state index is 12.2. The summed E-state index contributed by atoms with van der Waals surface area (Å²) in [5.74, 6) is -0.181. The Bertz CT molecular complexity index is 1040. The Morgan fingerprint density at radius 3 is 2.41 bits per heavy atom. The van der Waals surface area contributed by atoms with Crippen LogP contribution in [0.4, 0.5) is 5.69 Å². The molecule has 3 rings (SSSR count). The number of hydrazone groups is 1. The molecular formula is C21H15Cl2N3O2S. The minimum atomic E-state index is -0.563. The molecule has 0 amide bonds. The van der Waals surface area contributed by atoms with Crippen LogP contribution in [0, 0.1) is 0 Å². The molecule has 29 heavy (non-hydrogen) atoms. The average Bonchev–Trinajstić information content (AvgIpc) is 2.70. The predicted octanol–water partition coefficient (Wildman–Crippen LogP) is 5.53. The van der Waals surface area contributed by atoms with E-state index in [2.05, 4.69) is 15.8 Å². The second-order valence-electron chi connectivity index (χ2n) is 5.77. The number of para-hydroxylation sites is 1. The van der Waals surface area contributed by atoms with Gasteiger partial charge in [0.1, 0.15) is 5.75 Å². The van der Waals surface area contributed by atoms with Crippen molar-refractivity contribution in [2.45, 2.75) is 0 Å². The van der Waals surface area contributed by atoms with Crippen molar-refractivity contribution in [3.05, 3.63) is 94.0 Å². The van der Waals surface area contributed by atoms with E-state index in [-0.39, 0.29) is 10.6 Å². The van der Waals surface area contributed by atoms with Crippen molar-refractivity contribution in [2.75, 3.05) is 5.32 Å². The third-order valence-electron chi connectivity index (χ3n) is 3.65. The maximum absolute atomic E-state index is 12.2. The van der Waals surface area contributed by atoms with Crippen LogP contribution in [0.3, 0.4) is 0 Å². The minimum Gasteiger partial charge on any atom is -0.423 e. The lowest BCUT2D eigenvalue weighted by Gasteiger charge is -2.07. The van der Waals surface area contributed by atoms with Crippen LogP contribution in [0.25, 0.3) is 0 Å². The number of anilines is 1. The molecule has 0 fully saturated rings. The number of carbonyl (C=O) groups is 1. The number of ether oxygens (including phenoxy) is 1. The van der Waals surface area contributed by atoms with Gasteiger partial charge in [0, 0.05) is 10.7 Å². The van der Waals surface area contributed by atoms with E-state index >= 15 is 0 Å². The molecule has 3 aromatic rings. The average molecular weight is 444 g/mol. The van der Waals surface area contributed by atoms with Crippen LogP contribution in [0.5, 0.6) is 5.75 Å². The number of nitrogens with one attached hydrogen (secondary N) is 2. The molecule has 0 unspecified atom stereocenters. The number of halogens is 2. The van der Waals surface area contributed by atoms with E-state index in [9.17, 15) is 4.79 Å². The smallest absolute Gasteiger partial charge is 0.345 e. The summed E-state index contributed by atoms with van der Waals surface area (Å²) in [4.78, 5) is 12.2. The van der Waals surface area contributed by atoms with Gasteiger partial charge in [-0.3, -0.25) is 5.43 Å². The van der Waals surface area contributed by atoms with Gasteiger partial charge in [0.05, 0.1) is 16.8 Å². The summed E-state index contributed by atoms with van der Waals surface area (Å²) in [6, 6.07) is 20.9. The normalized spacial score (nSPS) is 10.6. The highest BCUT2D eigenvalue weighted by atomic mass is 35.5. The highest BCUT2D eigenvalue weighted by Gasteiger charge is 2.13. The van der Waals surface area contributed by atoms with Crippen LogP contribution in [0.15, 0.2) is 77.9 Å². The molecule has 8 heteroatoms. The lowest BCUT2D eigenvalue weighted by atomic mass is 10.2. The molecule has 0 spiro atoms. The SMILES string of the molecule is O=C(Oc1ccc(/C=N/NC(=S)Nc2ccccc2)cc1)c1ccc(Cl)cc1Cl. The largest absolute Gasteiger partial charge is 0.423 e. The molecule has 0 bridgehead atoms. The Labute approximate surface area is 183 Å². The van der Waals surface area contributed by atoms with Crippen molar-refractivity contribution in [1.82, 2.24) is 5.43 Å². The number of hydrogen-bond donors (Lipinski definition) is 2. The lowest BCUT2D eigenvalue weighted by Crippen LogP contribution is -2.23. The van der Waals surface area contributed by atoms with Crippen LogP contribution >= 0.6 is 35.4 Å². The fourth-order valence-corrected chi connectivity index (χ4v) is 2.94. The van der Waals surface area contributed by atoms with Crippen LogP contribution in [0.2, 0.25) is 10.0 Å². The first-order chi connectivity index (χ1) is 14.0. The number of nitrogens with zero attached hydrogens (tertiary/aromatic N) is 1. The van der Waals surface area contributed by atoms with E-state index in [1.54, 1.807) is 36.5 Å². The molecule has 3 aromatic carbocycles. The van der Waals surface area contributed by atoms with Crippen molar-refractivity contribution < 1.29 is 9.53 Å². The second kappa shape index (κ2) is 10.0. The van der Waals surface area contributed by atoms with Gasteiger partial charge >= 0.3 is 5.97 Å². The number of hydrogen-bond acceptors (Lipinski definition) is 4. The van der Waals surface area contributed by atoms with Crippen molar-refractivity contribution in [3.63, 3.8) is 0 Å². The number of benzene rings is 3. The second-order valence-corrected chi connectivity index (χ2v) is 7.02. The van der Waals surface area contributed by atoms with Crippen molar-refractivity contribution in [1.29, 1.82) is 0 Å². The van der Waals surface area contributed by atoms with Crippen LogP contribution in [-0.2, 0) is 0 Å². The zero-order valence-electron chi connectivity index (χ0n) is 14.9. The molecule has 0 aliphatic carbocycles. The summed E-state index contributed by atoms with van der Waals surface area (Å²) in [6.45, 7) is 0. The van der Waals surface area contributed by atoms with Gasteiger partial charge < -0.3 is 10.1 Å². The molecule has 0 saturated carbocycles. The van der Waals surface area contributed by atoms with Crippen molar-refractivity contribution >= 4 is 58.4 Å². The molecule has 0 radical (unpaired) electrons. The number of esters is 1. The zero-order chi connectivity index (χ0) is 20.6. The Morgan fingerprint density at radius 1 is 1.00 bits per heavy atom. The molecule has 5 nitrogen and oxygen atoms in total. The molecule has 0 heterocycles. The molecule has 0 aliphatic heterocycles. The van der Waals surface area contributed by atoms with Crippen molar-refractivity contribution in [2.24, 2.45) is 5.10 Å². The lowest BCUT2D eigenvalue weighted by molar-refractivity contribution is 0.0735. The first-order valence-corrected chi connectivity index (χ1v) is 9.60. The summed E-state index contributed by atoms with van der Waals surface area (Å²) < 4.78 is 5.33. The molecular weight excluding hydrogens is 429 g/mol. The molecule has 0 aliphatic rings. The Kier molecular flexibility index (Phi) is 7.19. The van der Waals surface area contributed by atoms with E-state index in [0.717, 1.165) is 11.3 Å². The van der Waals surface area contributed by atoms with Gasteiger partial charge in [0.2, 0.25) is 0 Å². The van der Waals surface area contributed by atoms with E-state index in [1.807, 2.05) is 30.3 Å². The predicted molar refractivity (Wildman–Crippen MR) is 121 cm³/mol. The third kappa shape index (κ3) is 6.29. The Morgan fingerprint density at radius 2 is 1.72 bits per heavy atom. The van der Waals surface area contributed by atoms with Crippen LogP contribution in [0.1, 0.15) is 15.9 Å². The Balaban J connectivity index is 1.53. The summed E-state index contributed by atoms with van der Waals surface area (Å²) in [5.41, 5.74) is 4.64. The summed E-state index contributed by atoms with van der Waals surface area (Å²) in [7, 11) is 0. The number of thiocarbonyl (C=S) groups is 1. The van der Waals surface area contributed by atoms with Gasteiger partial charge in [0.25, 0.3) is 0 Å². The van der Waals surface area contributed by atoms with Gasteiger partial charge in [-0.05, 0) is 72.4 Å². The number of carbonyl (C=O) groups excluding carboxylic acids is 1. The summed E-state index contributed by atoms with van der Waals surface area (Å²) in [5, 5.41) is 8.15. The first-order valence-electron chi connectivity index (χ1n) is 8.44. The fourth-order valence-electron chi connectivity index (χ4n) is 2.28. The molecule has 0 atom stereocenters.